The van der Waals surface area contributed by atoms with Crippen LogP contribution in [0.1, 0.15) is 18.1 Å². The molecule has 1 unspecified atom stereocenters. The van der Waals surface area contributed by atoms with E-state index in [1.165, 1.54) is 5.56 Å². The number of hydrogen-bond donors (Lipinski definition) is 2. The van der Waals surface area contributed by atoms with Crippen LogP contribution < -0.4 is 33.7 Å². The molecule has 128 valence electrons. The molecule has 0 saturated heterocycles. The lowest BCUT2D eigenvalue weighted by atomic mass is 10.1. The predicted octanol–water partition coefficient (Wildman–Crippen LogP) is -2.10. The lowest BCUT2D eigenvalue weighted by molar-refractivity contribution is -1.63. The second kappa shape index (κ2) is 12.1. The summed E-state index contributed by atoms with van der Waals surface area (Å²) in [6, 6.07) is 6.43. The van der Waals surface area contributed by atoms with Crippen molar-refractivity contribution in [2.45, 2.75) is 26.8 Å². The van der Waals surface area contributed by atoms with Crippen LogP contribution in [0.4, 0.5) is 5.69 Å². The third-order valence-electron chi connectivity index (χ3n) is 3.11. The van der Waals surface area contributed by atoms with Gasteiger partial charge in [0, 0.05) is 12.2 Å². The number of aryl methyl sites for hydroxylation is 2. The van der Waals surface area contributed by atoms with Crippen LogP contribution in [-0.2, 0) is 0 Å². The number of hydrogen-bond acceptors (Lipinski definition) is 5. The van der Waals surface area contributed by atoms with Gasteiger partial charge in [-0.2, -0.15) is 0 Å². The normalized spacial score (nSPS) is 15.4. The maximum atomic E-state index is 8.68. The molecule has 0 aromatic heterocycles. The van der Waals surface area contributed by atoms with Crippen molar-refractivity contribution in [2.24, 2.45) is 0 Å². The van der Waals surface area contributed by atoms with E-state index >= 15 is 0 Å². The van der Waals surface area contributed by atoms with Gasteiger partial charge in [-0.05, 0) is 48.1 Å². The summed E-state index contributed by atoms with van der Waals surface area (Å²) in [6.07, 6.45) is 10.3. The number of benzene rings is 1. The molecule has 23 heavy (non-hydrogen) atoms. The van der Waals surface area contributed by atoms with Gasteiger partial charge in [-0.25, -0.2) is 0 Å². The second-order valence-corrected chi connectivity index (χ2v) is 5.99. The zero-order valence-corrected chi connectivity index (χ0v) is 15.9. The largest absolute Gasteiger partial charge is 0.503 e. The predicted molar refractivity (Wildman–Crippen MR) is 87.2 cm³/mol. The molecule has 0 saturated carbocycles. The molecular formula is C17H25IN2O3. The molecule has 1 heterocycles. The van der Waals surface area contributed by atoms with Crippen molar-refractivity contribution in [1.29, 1.82) is 0 Å². The molecule has 1 aliphatic heterocycles. The molecule has 3 N–H and O–H groups in total. The van der Waals surface area contributed by atoms with E-state index in [2.05, 4.69) is 49.7 Å². The lowest BCUT2D eigenvalue weighted by Crippen LogP contribution is -3.98. The first-order valence-electron chi connectivity index (χ1n) is 7.12. The summed E-state index contributed by atoms with van der Waals surface area (Å²) >= 11 is -3.76. The Kier molecular flexibility index (Phi) is 11.4. The van der Waals surface area contributed by atoms with Crippen LogP contribution >= 0.6 is 0 Å². The van der Waals surface area contributed by atoms with Crippen molar-refractivity contribution in [3.8, 4) is 0 Å². The fourth-order valence-corrected chi connectivity index (χ4v) is 1.90. The zero-order chi connectivity index (χ0) is 17.8. The number of rotatable bonds is 2. The Labute approximate surface area is 147 Å². The highest BCUT2D eigenvalue weighted by molar-refractivity contribution is 5.47. The average Bonchev–Trinajstić information content (AvgIpc) is 2.51. The van der Waals surface area contributed by atoms with Crippen LogP contribution in [0.5, 0.6) is 0 Å². The summed E-state index contributed by atoms with van der Waals surface area (Å²) in [4.78, 5) is 2.23. The number of nitrogen functional groups attached to an aromatic ring is 1. The number of likely N-dealkylation sites (N-methyl/N-ethyl adjacent to an activating group) is 1. The van der Waals surface area contributed by atoms with Gasteiger partial charge in [-0.3, -0.25) is 0 Å². The maximum absolute atomic E-state index is 8.68. The van der Waals surface area contributed by atoms with Crippen molar-refractivity contribution >= 4 is 5.69 Å². The van der Waals surface area contributed by atoms with Gasteiger partial charge >= 0.3 is 21.1 Å². The standard InChI is InChI=1S/C9H13N.C8H11N.HIO3/c1-3-9-7-5-6-8-10(9)4-2;1-6-3-4-8(9)7(2)5-6;2-1(3)4/h3,5-9H,1,4H2,2H3;3-5H,9H2,1-2H3;2H. The highest BCUT2D eigenvalue weighted by Gasteiger charge is 2.06. The van der Waals surface area contributed by atoms with Crippen molar-refractivity contribution < 1.29 is 31.4 Å². The van der Waals surface area contributed by atoms with Crippen LogP contribution in [0.2, 0.25) is 0 Å². The third kappa shape index (κ3) is 10.1. The van der Waals surface area contributed by atoms with Crippen LogP contribution in [-0.4, -0.2) is 20.9 Å². The maximum Gasteiger partial charge on any atom is 0.503 e. The molecule has 1 aromatic carbocycles. The highest BCUT2D eigenvalue weighted by Crippen LogP contribution is 2.10. The smallest absolute Gasteiger partial charge is 0.399 e. The molecule has 1 aliphatic rings. The Hall–Kier alpha value is -1.35. The zero-order valence-electron chi connectivity index (χ0n) is 13.8. The molecule has 1 atom stereocenters. The molecule has 0 bridgehead atoms. The molecule has 0 fully saturated rings. The molecule has 6 heteroatoms. The van der Waals surface area contributed by atoms with E-state index in [1.807, 2.05) is 31.2 Å². The van der Waals surface area contributed by atoms with Gasteiger partial charge in [-0.1, -0.05) is 35.9 Å². The highest BCUT2D eigenvalue weighted by atomic mass is 127. The fourth-order valence-electron chi connectivity index (χ4n) is 1.90. The number of allylic oxidation sites excluding steroid dienone is 2. The first-order chi connectivity index (χ1) is 10.8. The first kappa shape index (κ1) is 21.6. The summed E-state index contributed by atoms with van der Waals surface area (Å²) in [5.74, 6) is 0. The van der Waals surface area contributed by atoms with E-state index in [1.54, 1.807) is 0 Å². The average molecular weight is 432 g/mol. The Bertz CT molecular complexity index is 528. The minimum atomic E-state index is -3.76. The molecule has 2 rings (SSSR count). The quantitative estimate of drug-likeness (QED) is 0.317. The molecule has 1 aromatic rings. The summed E-state index contributed by atoms with van der Waals surface area (Å²) in [7, 11) is 0. The first-order valence-corrected chi connectivity index (χ1v) is 9.85. The van der Waals surface area contributed by atoms with Crippen LogP contribution in [0.3, 0.4) is 0 Å². The number of nitrogens with two attached hydrogens (primary N) is 1. The Morgan fingerprint density at radius 1 is 1.35 bits per heavy atom. The molecule has 0 radical (unpaired) electrons. The monoisotopic (exact) mass is 432 g/mol. The third-order valence-corrected chi connectivity index (χ3v) is 3.11. The summed E-state index contributed by atoms with van der Waals surface area (Å²) in [5, 5.41) is 0. The van der Waals surface area contributed by atoms with Crippen molar-refractivity contribution in [3.05, 3.63) is 66.4 Å². The van der Waals surface area contributed by atoms with Crippen molar-refractivity contribution in [3.63, 3.8) is 0 Å². The minimum Gasteiger partial charge on any atom is -0.399 e. The SMILES string of the molecule is C=CC1C=CC=CN1CC.Cc1ccc(N)c(C)c1.[O-][I+2]([O-])O. The molecular weight excluding hydrogens is 407 g/mol. The van der Waals surface area contributed by atoms with Crippen LogP contribution in [0.25, 0.3) is 0 Å². The summed E-state index contributed by atoms with van der Waals surface area (Å²) < 4.78 is 24.5. The van der Waals surface area contributed by atoms with Gasteiger partial charge < -0.3 is 17.5 Å². The van der Waals surface area contributed by atoms with Gasteiger partial charge in [0.1, 0.15) is 0 Å². The van der Waals surface area contributed by atoms with Gasteiger partial charge in [0.25, 0.3) is 0 Å². The van der Waals surface area contributed by atoms with Crippen LogP contribution in [0, 0.1) is 13.8 Å². The molecule has 5 nitrogen and oxygen atoms in total. The van der Waals surface area contributed by atoms with E-state index in [-0.39, 0.29) is 0 Å². The Morgan fingerprint density at radius 2 is 1.96 bits per heavy atom. The van der Waals surface area contributed by atoms with E-state index in [0.717, 1.165) is 17.8 Å². The van der Waals surface area contributed by atoms with E-state index in [9.17, 15) is 0 Å². The van der Waals surface area contributed by atoms with Crippen molar-refractivity contribution in [2.75, 3.05) is 12.3 Å². The Balaban J connectivity index is 0.000000345. The van der Waals surface area contributed by atoms with Crippen molar-refractivity contribution in [1.82, 2.24) is 4.90 Å². The fraction of sp³-hybridized carbons (Fsp3) is 0.294. The van der Waals surface area contributed by atoms with Gasteiger partial charge in [0.2, 0.25) is 0 Å². The number of halogens is 1. The summed E-state index contributed by atoms with van der Waals surface area (Å²) in [6.45, 7) is 11.0. The van der Waals surface area contributed by atoms with Gasteiger partial charge in [0.05, 0.1) is 6.04 Å². The van der Waals surface area contributed by atoms with E-state index in [4.69, 9.17) is 16.0 Å². The lowest BCUT2D eigenvalue weighted by Gasteiger charge is -2.26. The second-order valence-electron chi connectivity index (χ2n) is 4.84. The van der Waals surface area contributed by atoms with E-state index < -0.39 is 21.1 Å². The van der Waals surface area contributed by atoms with Gasteiger partial charge in [-0.15, -0.1) is 6.58 Å². The summed E-state index contributed by atoms with van der Waals surface area (Å²) in [5.41, 5.74) is 8.89. The topological polar surface area (TPSA) is 95.6 Å². The molecule has 0 spiro atoms. The minimum absolute atomic E-state index is 0.398. The van der Waals surface area contributed by atoms with E-state index in [0.29, 0.717) is 6.04 Å². The molecule has 0 aliphatic carbocycles. The number of nitrogens with zero attached hydrogens (tertiary/aromatic N) is 1. The Morgan fingerprint density at radius 3 is 2.35 bits per heavy atom. The van der Waals surface area contributed by atoms with Crippen LogP contribution in [0.15, 0.2) is 55.3 Å². The van der Waals surface area contributed by atoms with Gasteiger partial charge in [0.15, 0.2) is 0 Å². The molecule has 0 amide bonds. The number of anilines is 1.